The van der Waals surface area contributed by atoms with E-state index in [-0.39, 0.29) is 6.04 Å². The molecular weight excluding hydrogens is 200 g/mol. The third-order valence-corrected chi connectivity index (χ3v) is 2.81. The Labute approximate surface area is 89.1 Å². The van der Waals surface area contributed by atoms with Crippen molar-refractivity contribution >= 4 is 16.8 Å². The van der Waals surface area contributed by atoms with E-state index < -0.39 is 5.24 Å². The molecule has 0 aliphatic rings. The lowest BCUT2D eigenvalue weighted by molar-refractivity contribution is 0.108. The first-order valence-corrected chi connectivity index (χ1v) is 5.07. The van der Waals surface area contributed by atoms with E-state index in [4.69, 9.17) is 11.6 Å². The fourth-order valence-corrected chi connectivity index (χ4v) is 1.49. The van der Waals surface area contributed by atoms with Crippen LogP contribution in [0.1, 0.15) is 42.9 Å². The summed E-state index contributed by atoms with van der Waals surface area (Å²) in [7, 11) is 0. The van der Waals surface area contributed by atoms with Crippen molar-refractivity contribution in [1.29, 1.82) is 0 Å². The van der Waals surface area contributed by atoms with Crippen LogP contribution in [0.5, 0.6) is 0 Å². The van der Waals surface area contributed by atoms with Gasteiger partial charge in [-0.15, -0.1) is 0 Å². The predicted molar refractivity (Wildman–Crippen MR) is 56.7 cm³/mol. The summed E-state index contributed by atoms with van der Waals surface area (Å²) < 4.78 is 1.85. The van der Waals surface area contributed by atoms with Crippen molar-refractivity contribution < 1.29 is 4.79 Å². The third-order valence-electron chi connectivity index (χ3n) is 2.61. The van der Waals surface area contributed by atoms with Crippen molar-refractivity contribution in [2.24, 2.45) is 5.92 Å². The van der Waals surface area contributed by atoms with Gasteiger partial charge in [-0.3, -0.25) is 9.48 Å². The van der Waals surface area contributed by atoms with E-state index in [0.717, 1.165) is 5.69 Å². The van der Waals surface area contributed by atoms with E-state index in [9.17, 15) is 4.79 Å². The van der Waals surface area contributed by atoms with Crippen molar-refractivity contribution in [1.82, 2.24) is 9.78 Å². The molecule has 0 bridgehead atoms. The van der Waals surface area contributed by atoms with Crippen LogP contribution in [-0.2, 0) is 0 Å². The van der Waals surface area contributed by atoms with E-state index >= 15 is 0 Å². The number of rotatable bonds is 3. The largest absolute Gasteiger partial charge is 0.275 e. The summed E-state index contributed by atoms with van der Waals surface area (Å²) in [4.78, 5) is 11.0. The van der Waals surface area contributed by atoms with Crippen LogP contribution in [-0.4, -0.2) is 15.0 Å². The van der Waals surface area contributed by atoms with Crippen LogP contribution in [0.4, 0.5) is 0 Å². The number of hydrogen-bond donors (Lipinski definition) is 0. The second kappa shape index (κ2) is 4.13. The molecule has 3 nitrogen and oxygen atoms in total. The Balaban J connectivity index is 3.06. The number of aromatic nitrogens is 2. The van der Waals surface area contributed by atoms with Gasteiger partial charge in [0.1, 0.15) is 0 Å². The van der Waals surface area contributed by atoms with Crippen molar-refractivity contribution in [3.8, 4) is 0 Å². The minimum Gasteiger partial charge on any atom is -0.275 e. The van der Waals surface area contributed by atoms with Crippen molar-refractivity contribution in [3.05, 3.63) is 17.5 Å². The molecule has 1 aromatic heterocycles. The normalized spacial score (nSPS) is 13.3. The number of hydrogen-bond acceptors (Lipinski definition) is 2. The molecular formula is C10H15ClN2O. The van der Waals surface area contributed by atoms with Crippen LogP contribution in [0, 0.1) is 12.8 Å². The Hall–Kier alpha value is -0.830. The summed E-state index contributed by atoms with van der Waals surface area (Å²) in [6, 6.07) is 0.278. The Bertz CT molecular complexity index is 344. The molecule has 0 amide bonds. The predicted octanol–water partition coefficient (Wildman–Crippen LogP) is 2.79. The number of carbonyl (C=O) groups is 1. The van der Waals surface area contributed by atoms with Gasteiger partial charge in [0.05, 0.1) is 17.8 Å². The van der Waals surface area contributed by atoms with E-state index in [0.29, 0.717) is 11.5 Å². The van der Waals surface area contributed by atoms with Gasteiger partial charge in [-0.05, 0) is 31.4 Å². The summed E-state index contributed by atoms with van der Waals surface area (Å²) in [5.74, 6) is 0.479. The minimum absolute atomic E-state index is 0.278. The van der Waals surface area contributed by atoms with Crippen LogP contribution in [0.2, 0.25) is 0 Å². The van der Waals surface area contributed by atoms with Crippen molar-refractivity contribution in [2.75, 3.05) is 0 Å². The quantitative estimate of drug-likeness (QED) is 0.726. The fourth-order valence-electron chi connectivity index (χ4n) is 1.31. The summed E-state index contributed by atoms with van der Waals surface area (Å²) in [6.07, 6.45) is 1.53. The smallest absolute Gasteiger partial charge is 0.255 e. The fraction of sp³-hybridized carbons (Fsp3) is 0.600. The van der Waals surface area contributed by atoms with Gasteiger partial charge in [0.25, 0.3) is 5.24 Å². The second-order valence-corrected chi connectivity index (χ2v) is 4.19. The molecule has 78 valence electrons. The van der Waals surface area contributed by atoms with E-state index in [1.807, 2.05) is 11.6 Å². The molecule has 4 heteroatoms. The lowest BCUT2D eigenvalue weighted by Gasteiger charge is -2.17. The SMILES string of the molecule is Cc1c(C(=O)Cl)cnn1C(C)C(C)C. The molecule has 0 N–H and O–H groups in total. The maximum Gasteiger partial charge on any atom is 0.255 e. The van der Waals surface area contributed by atoms with Crippen LogP contribution in [0.15, 0.2) is 6.20 Å². The first-order valence-electron chi connectivity index (χ1n) is 4.69. The molecule has 1 unspecified atom stereocenters. The molecule has 0 radical (unpaired) electrons. The summed E-state index contributed by atoms with van der Waals surface area (Å²) in [6.45, 7) is 8.18. The Kier molecular flexibility index (Phi) is 3.32. The Morgan fingerprint density at radius 1 is 1.50 bits per heavy atom. The molecule has 0 saturated heterocycles. The molecule has 0 saturated carbocycles. The molecule has 0 aromatic carbocycles. The second-order valence-electron chi connectivity index (χ2n) is 3.85. The van der Waals surface area contributed by atoms with Gasteiger partial charge in [-0.25, -0.2) is 0 Å². The van der Waals surface area contributed by atoms with Crippen molar-refractivity contribution in [2.45, 2.75) is 33.7 Å². The maximum atomic E-state index is 11.0. The van der Waals surface area contributed by atoms with Crippen LogP contribution >= 0.6 is 11.6 Å². The highest BCUT2D eigenvalue weighted by Gasteiger charge is 2.17. The highest BCUT2D eigenvalue weighted by Crippen LogP contribution is 2.20. The third kappa shape index (κ3) is 1.98. The highest BCUT2D eigenvalue weighted by atomic mass is 35.5. The zero-order valence-corrected chi connectivity index (χ0v) is 9.67. The zero-order chi connectivity index (χ0) is 10.9. The van der Waals surface area contributed by atoms with Gasteiger partial charge >= 0.3 is 0 Å². The number of nitrogens with zero attached hydrogens (tertiary/aromatic N) is 2. The van der Waals surface area contributed by atoms with E-state index in [2.05, 4.69) is 25.9 Å². The standard InChI is InChI=1S/C10H15ClN2O/c1-6(2)7(3)13-8(4)9(5-12-13)10(11)14/h5-7H,1-4H3. The number of carbonyl (C=O) groups excluding carboxylic acids is 1. The van der Waals surface area contributed by atoms with Gasteiger partial charge in [0.15, 0.2) is 0 Å². The molecule has 1 heterocycles. The van der Waals surface area contributed by atoms with Gasteiger partial charge < -0.3 is 0 Å². The minimum atomic E-state index is -0.440. The molecule has 14 heavy (non-hydrogen) atoms. The Morgan fingerprint density at radius 3 is 2.43 bits per heavy atom. The van der Waals surface area contributed by atoms with Crippen LogP contribution in [0.25, 0.3) is 0 Å². The summed E-state index contributed by atoms with van der Waals surface area (Å²) >= 11 is 5.41. The van der Waals surface area contributed by atoms with Crippen LogP contribution in [0.3, 0.4) is 0 Å². The van der Waals surface area contributed by atoms with E-state index in [1.54, 1.807) is 0 Å². The van der Waals surface area contributed by atoms with E-state index in [1.165, 1.54) is 6.20 Å². The average molecular weight is 215 g/mol. The van der Waals surface area contributed by atoms with Gasteiger partial charge in [0.2, 0.25) is 0 Å². The monoisotopic (exact) mass is 214 g/mol. The molecule has 0 spiro atoms. The molecule has 0 aliphatic heterocycles. The maximum absolute atomic E-state index is 11.0. The number of halogens is 1. The van der Waals surface area contributed by atoms with Gasteiger partial charge in [-0.2, -0.15) is 5.10 Å². The molecule has 0 fully saturated rings. The summed E-state index contributed by atoms with van der Waals surface area (Å²) in [5.41, 5.74) is 1.34. The molecule has 1 atom stereocenters. The molecule has 1 rings (SSSR count). The van der Waals surface area contributed by atoms with Crippen LogP contribution < -0.4 is 0 Å². The summed E-state index contributed by atoms with van der Waals surface area (Å²) in [5, 5.41) is 3.73. The first kappa shape index (κ1) is 11.2. The van der Waals surface area contributed by atoms with Gasteiger partial charge in [-0.1, -0.05) is 13.8 Å². The topological polar surface area (TPSA) is 34.9 Å². The highest BCUT2D eigenvalue weighted by molar-refractivity contribution is 6.67. The van der Waals surface area contributed by atoms with Crippen molar-refractivity contribution in [3.63, 3.8) is 0 Å². The lowest BCUT2D eigenvalue weighted by atomic mass is 10.1. The Morgan fingerprint density at radius 2 is 2.07 bits per heavy atom. The molecule has 0 aliphatic carbocycles. The average Bonchev–Trinajstić information content (AvgIpc) is 2.45. The van der Waals surface area contributed by atoms with Gasteiger partial charge in [0, 0.05) is 5.69 Å². The molecule has 1 aromatic rings. The lowest BCUT2D eigenvalue weighted by Crippen LogP contribution is -2.14. The first-order chi connectivity index (χ1) is 6.45. The zero-order valence-electron chi connectivity index (χ0n) is 8.91.